The topological polar surface area (TPSA) is 73.1 Å². The van der Waals surface area contributed by atoms with Gasteiger partial charge in [0.05, 0.1) is 0 Å². The summed E-state index contributed by atoms with van der Waals surface area (Å²) >= 11 is 0. The molecule has 0 N–H and O–H groups in total. The zero-order valence-electron chi connectivity index (χ0n) is 6.99. The van der Waals surface area contributed by atoms with Crippen LogP contribution in [0.25, 0.3) is 0 Å². The van der Waals surface area contributed by atoms with E-state index in [1.165, 1.54) is 0 Å². The average molecular weight is 220 g/mol. The van der Waals surface area contributed by atoms with Crippen LogP contribution in [0.1, 0.15) is 22.3 Å². The van der Waals surface area contributed by atoms with E-state index in [1.54, 1.807) is 0 Å². The Bertz CT molecular complexity index is 422. The van der Waals surface area contributed by atoms with Gasteiger partial charge in [-0.05, 0) is 9.91 Å². The number of rotatable bonds is 3. The Morgan fingerprint density at radius 1 is 1.53 bits per heavy atom. The molecule has 8 heteroatoms. The summed E-state index contributed by atoms with van der Waals surface area (Å²) in [4.78, 5) is 22.2. The number of aldehydes is 1. The van der Waals surface area contributed by atoms with E-state index in [0.717, 1.165) is 0 Å². The van der Waals surface area contributed by atoms with E-state index in [4.69, 9.17) is 0 Å². The largest absolute Gasteiger partial charge is 0.377 e. The van der Waals surface area contributed by atoms with E-state index in [0.29, 0.717) is 6.07 Å². The smallest absolute Gasteiger partial charge is 0.358 e. The molecule has 0 aliphatic heterocycles. The highest BCUT2D eigenvalue weighted by Crippen LogP contribution is 2.27. The fourth-order valence-corrected chi connectivity index (χ4v) is 0.969. The van der Waals surface area contributed by atoms with Crippen molar-refractivity contribution < 1.29 is 22.9 Å². The Labute approximate surface area is 80.7 Å². The van der Waals surface area contributed by atoms with Crippen LogP contribution in [-0.4, -0.2) is 16.2 Å². The van der Waals surface area contributed by atoms with Crippen LogP contribution in [0.15, 0.2) is 6.07 Å². The second kappa shape index (κ2) is 4.03. The summed E-state index contributed by atoms with van der Waals surface area (Å²) in [5, 5.41) is 10.3. The van der Waals surface area contributed by atoms with Crippen molar-refractivity contribution in [1.82, 2.24) is 4.98 Å². The van der Waals surface area contributed by atoms with Crippen molar-refractivity contribution >= 4 is 12.1 Å². The normalized spacial score (nSPS) is 10.4. The number of aromatic nitrogens is 1. The molecule has 0 aliphatic rings. The van der Waals surface area contributed by atoms with Gasteiger partial charge in [0.25, 0.3) is 6.43 Å². The SMILES string of the molecule is O=Cc1c(C(F)F)cc(F)nc1[N+](=O)[O-]. The molecule has 0 saturated carbocycles. The van der Waals surface area contributed by atoms with Crippen molar-refractivity contribution in [3.8, 4) is 0 Å². The molecular weight excluding hydrogens is 217 g/mol. The van der Waals surface area contributed by atoms with Crippen molar-refractivity contribution in [2.45, 2.75) is 6.43 Å². The molecule has 1 rings (SSSR count). The van der Waals surface area contributed by atoms with Crippen LogP contribution >= 0.6 is 0 Å². The number of hydrogen-bond acceptors (Lipinski definition) is 4. The summed E-state index contributed by atoms with van der Waals surface area (Å²) in [5.41, 5.74) is -1.94. The molecule has 0 aliphatic carbocycles. The number of carbonyl (C=O) groups excluding carboxylic acids is 1. The maximum absolute atomic E-state index is 12.6. The van der Waals surface area contributed by atoms with E-state index >= 15 is 0 Å². The Balaban J connectivity index is 3.52. The van der Waals surface area contributed by atoms with Gasteiger partial charge in [-0.1, -0.05) is 0 Å². The van der Waals surface area contributed by atoms with Gasteiger partial charge in [-0.3, -0.25) is 4.79 Å². The minimum Gasteiger partial charge on any atom is -0.358 e. The first-order valence-corrected chi connectivity index (χ1v) is 3.55. The van der Waals surface area contributed by atoms with E-state index < -0.39 is 34.2 Å². The molecule has 0 radical (unpaired) electrons. The van der Waals surface area contributed by atoms with Crippen LogP contribution in [0.2, 0.25) is 0 Å². The first-order valence-electron chi connectivity index (χ1n) is 3.55. The molecule has 0 unspecified atom stereocenters. The Morgan fingerprint density at radius 2 is 2.13 bits per heavy atom. The molecular formula is C7H3F3N2O3. The fraction of sp³-hybridized carbons (Fsp3) is 0.143. The second-order valence-electron chi connectivity index (χ2n) is 2.45. The summed E-state index contributed by atoms with van der Waals surface area (Å²) in [5.74, 6) is -2.64. The Hall–Kier alpha value is -1.99. The van der Waals surface area contributed by atoms with Crippen molar-refractivity contribution in [2.24, 2.45) is 0 Å². The predicted molar refractivity (Wildman–Crippen MR) is 41.2 cm³/mol. The summed E-state index contributed by atoms with van der Waals surface area (Å²) in [6.07, 6.45) is -3.33. The molecule has 15 heavy (non-hydrogen) atoms. The molecule has 0 fully saturated rings. The number of nitro groups is 1. The molecule has 0 atom stereocenters. The fourth-order valence-electron chi connectivity index (χ4n) is 0.969. The molecule has 1 aromatic rings. The third-order valence-corrected chi connectivity index (χ3v) is 1.57. The van der Waals surface area contributed by atoms with Gasteiger partial charge >= 0.3 is 11.8 Å². The first kappa shape index (κ1) is 11.1. The minimum atomic E-state index is -3.18. The molecule has 1 heterocycles. The van der Waals surface area contributed by atoms with Gasteiger partial charge in [0.2, 0.25) is 0 Å². The van der Waals surface area contributed by atoms with Crippen LogP contribution in [0.5, 0.6) is 0 Å². The number of nitrogens with zero attached hydrogens (tertiary/aromatic N) is 2. The van der Waals surface area contributed by atoms with Gasteiger partial charge in [-0.15, -0.1) is 0 Å². The molecule has 5 nitrogen and oxygen atoms in total. The van der Waals surface area contributed by atoms with Crippen molar-refractivity contribution in [1.29, 1.82) is 0 Å². The third-order valence-electron chi connectivity index (χ3n) is 1.57. The van der Waals surface area contributed by atoms with Crippen molar-refractivity contribution in [3.63, 3.8) is 0 Å². The van der Waals surface area contributed by atoms with Crippen molar-refractivity contribution in [2.75, 3.05) is 0 Å². The molecule has 0 saturated heterocycles. The Morgan fingerprint density at radius 3 is 2.53 bits per heavy atom. The lowest BCUT2D eigenvalue weighted by Gasteiger charge is -2.02. The highest BCUT2D eigenvalue weighted by molar-refractivity contribution is 5.82. The molecule has 1 aromatic heterocycles. The number of halogens is 3. The molecule has 0 spiro atoms. The molecule has 80 valence electrons. The zero-order valence-corrected chi connectivity index (χ0v) is 6.99. The third kappa shape index (κ3) is 2.09. The number of hydrogen-bond donors (Lipinski definition) is 0. The second-order valence-corrected chi connectivity index (χ2v) is 2.45. The molecule has 0 aromatic carbocycles. The quantitative estimate of drug-likeness (QED) is 0.337. The van der Waals surface area contributed by atoms with Gasteiger partial charge < -0.3 is 10.1 Å². The van der Waals surface area contributed by atoms with E-state index in [2.05, 4.69) is 4.98 Å². The summed E-state index contributed by atoms with van der Waals surface area (Å²) in [6.45, 7) is 0. The molecule has 0 amide bonds. The highest BCUT2D eigenvalue weighted by atomic mass is 19.3. The van der Waals surface area contributed by atoms with Crippen LogP contribution in [-0.2, 0) is 0 Å². The maximum atomic E-state index is 12.6. The number of carbonyl (C=O) groups is 1. The lowest BCUT2D eigenvalue weighted by Crippen LogP contribution is -2.04. The van der Waals surface area contributed by atoms with Gasteiger partial charge in [0, 0.05) is 11.6 Å². The van der Waals surface area contributed by atoms with Crippen LogP contribution in [0.3, 0.4) is 0 Å². The van der Waals surface area contributed by atoms with Crippen molar-refractivity contribution in [3.05, 3.63) is 33.3 Å². The van der Waals surface area contributed by atoms with Crippen LogP contribution < -0.4 is 0 Å². The number of alkyl halides is 2. The van der Waals surface area contributed by atoms with Crippen LogP contribution in [0, 0.1) is 16.1 Å². The lowest BCUT2D eigenvalue weighted by molar-refractivity contribution is -0.390. The number of pyridine rings is 1. The monoisotopic (exact) mass is 220 g/mol. The van der Waals surface area contributed by atoms with Crippen LogP contribution in [0.4, 0.5) is 19.0 Å². The highest BCUT2D eigenvalue weighted by Gasteiger charge is 2.26. The summed E-state index contributed by atoms with van der Waals surface area (Å²) in [7, 11) is 0. The summed E-state index contributed by atoms with van der Waals surface area (Å²) < 4.78 is 37.1. The predicted octanol–water partition coefficient (Wildman–Crippen LogP) is 1.88. The van der Waals surface area contributed by atoms with E-state index in [-0.39, 0.29) is 6.29 Å². The standard InChI is InChI=1S/C7H3F3N2O3/c8-5-1-3(6(9)10)4(2-13)7(11-5)12(14)15/h1-2,6H. The van der Waals surface area contributed by atoms with E-state index in [1.807, 2.05) is 0 Å². The maximum Gasteiger partial charge on any atom is 0.377 e. The molecule has 0 bridgehead atoms. The van der Waals surface area contributed by atoms with Gasteiger partial charge in [-0.25, -0.2) is 8.78 Å². The van der Waals surface area contributed by atoms with Gasteiger partial charge in [0.15, 0.2) is 6.29 Å². The zero-order chi connectivity index (χ0) is 11.6. The van der Waals surface area contributed by atoms with Gasteiger partial charge in [-0.2, -0.15) is 4.39 Å². The first-order chi connectivity index (χ1) is 6.97. The minimum absolute atomic E-state index is 0.147. The lowest BCUT2D eigenvalue weighted by atomic mass is 10.1. The van der Waals surface area contributed by atoms with Gasteiger partial charge in [0.1, 0.15) is 5.56 Å². The summed E-state index contributed by atoms with van der Waals surface area (Å²) in [6, 6.07) is 0.293. The Kier molecular flexibility index (Phi) is 2.98. The average Bonchev–Trinajstić information content (AvgIpc) is 2.16. The van der Waals surface area contributed by atoms with E-state index in [9.17, 15) is 28.1 Å².